The maximum absolute atomic E-state index is 12.2. The molecule has 1 amide bonds. The molecule has 24 heavy (non-hydrogen) atoms. The summed E-state index contributed by atoms with van der Waals surface area (Å²) >= 11 is 1.37. The maximum atomic E-state index is 12.2. The van der Waals surface area contributed by atoms with E-state index in [1.165, 1.54) is 11.3 Å². The van der Waals surface area contributed by atoms with Crippen LogP contribution in [0.4, 0.5) is 5.00 Å². The van der Waals surface area contributed by atoms with E-state index in [0.717, 1.165) is 10.4 Å². The van der Waals surface area contributed by atoms with E-state index >= 15 is 0 Å². The maximum Gasteiger partial charge on any atom is 0.341 e. The number of carbonyl (C=O) groups excluding carboxylic acids is 2. The molecule has 0 saturated carbocycles. The van der Waals surface area contributed by atoms with Crippen LogP contribution in [0.1, 0.15) is 27.7 Å². The first-order chi connectivity index (χ1) is 11.4. The van der Waals surface area contributed by atoms with Crippen LogP contribution in [-0.4, -0.2) is 46.8 Å². The minimum absolute atomic E-state index is 0.172. The van der Waals surface area contributed by atoms with Gasteiger partial charge < -0.3 is 10.1 Å². The Kier molecular flexibility index (Phi) is 6.10. The van der Waals surface area contributed by atoms with E-state index in [-0.39, 0.29) is 12.5 Å². The van der Waals surface area contributed by atoms with Gasteiger partial charge in [0.1, 0.15) is 5.00 Å². The third-order valence-corrected chi connectivity index (χ3v) is 4.19. The molecule has 2 rings (SSSR count). The molecule has 7 nitrogen and oxygen atoms in total. The van der Waals surface area contributed by atoms with Crippen molar-refractivity contribution in [2.75, 3.05) is 25.5 Å². The zero-order chi connectivity index (χ0) is 17.7. The zero-order valence-corrected chi connectivity index (χ0v) is 15.1. The Morgan fingerprint density at radius 1 is 1.46 bits per heavy atom. The summed E-state index contributed by atoms with van der Waals surface area (Å²) in [6, 6.07) is 1.73. The van der Waals surface area contributed by atoms with Crippen molar-refractivity contribution in [3.8, 4) is 0 Å². The average molecular weight is 350 g/mol. The predicted molar refractivity (Wildman–Crippen MR) is 93.2 cm³/mol. The standard InChI is InChI=1S/C16H22N4O3S/c1-5-23-16(22)13-6-11(2)24-15(13)18-14(21)10-19(3)8-12-7-17-20(4)9-12/h6-7,9H,5,8,10H2,1-4H3,(H,18,21). The Balaban J connectivity index is 1.95. The topological polar surface area (TPSA) is 76.5 Å². The summed E-state index contributed by atoms with van der Waals surface area (Å²) in [5.74, 6) is -0.588. The number of thiophene rings is 1. The Bertz CT molecular complexity index is 723. The minimum atomic E-state index is -0.416. The highest BCUT2D eigenvalue weighted by Crippen LogP contribution is 2.28. The number of likely N-dealkylation sites (N-methyl/N-ethyl adjacent to an activating group) is 1. The first-order valence-electron chi connectivity index (χ1n) is 7.62. The minimum Gasteiger partial charge on any atom is -0.462 e. The predicted octanol–water partition coefficient (Wildman–Crippen LogP) is 2.04. The van der Waals surface area contributed by atoms with Crippen LogP contribution in [0.25, 0.3) is 0 Å². The summed E-state index contributed by atoms with van der Waals surface area (Å²) < 4.78 is 6.75. The number of esters is 1. The number of carbonyl (C=O) groups is 2. The highest BCUT2D eigenvalue weighted by atomic mass is 32.1. The number of hydrogen-bond donors (Lipinski definition) is 1. The molecule has 0 bridgehead atoms. The number of amides is 1. The van der Waals surface area contributed by atoms with Crippen molar-refractivity contribution in [3.05, 3.63) is 34.5 Å². The Morgan fingerprint density at radius 2 is 2.21 bits per heavy atom. The molecule has 0 spiro atoms. The molecule has 0 aromatic carbocycles. The molecule has 2 aromatic heterocycles. The molecule has 0 fully saturated rings. The molecule has 0 aliphatic carbocycles. The molecule has 0 aliphatic rings. The lowest BCUT2D eigenvalue weighted by Crippen LogP contribution is -2.30. The molecule has 0 unspecified atom stereocenters. The molecule has 0 aliphatic heterocycles. The fourth-order valence-electron chi connectivity index (χ4n) is 2.30. The second-order valence-electron chi connectivity index (χ2n) is 5.56. The van der Waals surface area contributed by atoms with Gasteiger partial charge in [-0.15, -0.1) is 11.3 Å². The normalized spacial score (nSPS) is 10.9. The van der Waals surface area contributed by atoms with Crippen molar-refractivity contribution in [3.63, 3.8) is 0 Å². The quantitative estimate of drug-likeness (QED) is 0.773. The Morgan fingerprint density at radius 3 is 2.83 bits per heavy atom. The van der Waals surface area contributed by atoms with Crippen LogP contribution in [-0.2, 0) is 23.1 Å². The van der Waals surface area contributed by atoms with Crippen LogP contribution in [0.3, 0.4) is 0 Å². The summed E-state index contributed by atoms with van der Waals surface area (Å²) in [4.78, 5) is 27.0. The number of aromatic nitrogens is 2. The Hall–Kier alpha value is -2.19. The summed E-state index contributed by atoms with van der Waals surface area (Å²) in [5.41, 5.74) is 1.44. The SMILES string of the molecule is CCOC(=O)c1cc(C)sc1NC(=O)CN(C)Cc1cnn(C)c1. The van der Waals surface area contributed by atoms with Gasteiger partial charge in [-0.3, -0.25) is 14.4 Å². The van der Waals surface area contributed by atoms with Crippen LogP contribution in [0.2, 0.25) is 0 Å². The summed E-state index contributed by atoms with van der Waals surface area (Å²) in [6.45, 7) is 4.78. The van der Waals surface area contributed by atoms with Gasteiger partial charge in [-0.05, 0) is 27.0 Å². The smallest absolute Gasteiger partial charge is 0.341 e. The second-order valence-corrected chi connectivity index (χ2v) is 6.82. The van der Waals surface area contributed by atoms with Gasteiger partial charge in [-0.25, -0.2) is 4.79 Å². The number of nitrogens with one attached hydrogen (secondary N) is 1. The lowest BCUT2D eigenvalue weighted by molar-refractivity contribution is -0.117. The highest BCUT2D eigenvalue weighted by molar-refractivity contribution is 7.16. The third kappa shape index (κ3) is 4.90. The van der Waals surface area contributed by atoms with Crippen molar-refractivity contribution in [2.24, 2.45) is 7.05 Å². The van der Waals surface area contributed by atoms with Crippen molar-refractivity contribution in [2.45, 2.75) is 20.4 Å². The lowest BCUT2D eigenvalue weighted by atomic mass is 10.3. The van der Waals surface area contributed by atoms with Gasteiger partial charge in [0.25, 0.3) is 0 Å². The van der Waals surface area contributed by atoms with Gasteiger partial charge in [-0.1, -0.05) is 0 Å². The van der Waals surface area contributed by atoms with Crippen molar-refractivity contribution >= 4 is 28.2 Å². The molecule has 2 heterocycles. The lowest BCUT2D eigenvalue weighted by Gasteiger charge is -2.15. The third-order valence-electron chi connectivity index (χ3n) is 3.23. The molecule has 0 saturated heterocycles. The van der Waals surface area contributed by atoms with Gasteiger partial charge in [-0.2, -0.15) is 5.10 Å². The van der Waals surface area contributed by atoms with E-state index in [4.69, 9.17) is 4.74 Å². The second kappa shape index (κ2) is 8.07. The molecule has 2 aromatic rings. The van der Waals surface area contributed by atoms with E-state index in [1.807, 2.05) is 32.1 Å². The molecule has 8 heteroatoms. The first kappa shape index (κ1) is 18.2. The van der Waals surface area contributed by atoms with Crippen LogP contribution in [0.5, 0.6) is 0 Å². The molecule has 130 valence electrons. The zero-order valence-electron chi connectivity index (χ0n) is 14.3. The van der Waals surface area contributed by atoms with E-state index in [0.29, 0.717) is 23.7 Å². The van der Waals surface area contributed by atoms with Gasteiger partial charge in [0, 0.05) is 30.2 Å². The number of anilines is 1. The van der Waals surface area contributed by atoms with Crippen LogP contribution >= 0.6 is 11.3 Å². The van der Waals surface area contributed by atoms with E-state index in [1.54, 1.807) is 23.9 Å². The summed E-state index contributed by atoms with van der Waals surface area (Å²) in [7, 11) is 3.71. The summed E-state index contributed by atoms with van der Waals surface area (Å²) in [6.07, 6.45) is 3.69. The van der Waals surface area contributed by atoms with E-state index in [9.17, 15) is 9.59 Å². The van der Waals surface area contributed by atoms with Crippen LogP contribution in [0, 0.1) is 6.92 Å². The monoisotopic (exact) mass is 350 g/mol. The van der Waals surface area contributed by atoms with Crippen molar-refractivity contribution in [1.29, 1.82) is 0 Å². The molecule has 0 atom stereocenters. The number of hydrogen-bond acceptors (Lipinski definition) is 6. The molecule has 1 N–H and O–H groups in total. The van der Waals surface area contributed by atoms with Gasteiger partial charge >= 0.3 is 5.97 Å². The van der Waals surface area contributed by atoms with Crippen LogP contribution < -0.4 is 5.32 Å². The average Bonchev–Trinajstić information content (AvgIpc) is 3.04. The number of aryl methyl sites for hydroxylation is 2. The van der Waals surface area contributed by atoms with Crippen molar-refractivity contribution < 1.29 is 14.3 Å². The fourth-order valence-corrected chi connectivity index (χ4v) is 3.22. The highest BCUT2D eigenvalue weighted by Gasteiger charge is 2.18. The molecular formula is C16H22N4O3S. The van der Waals surface area contributed by atoms with E-state index in [2.05, 4.69) is 10.4 Å². The Labute approximate surface area is 145 Å². The summed E-state index contributed by atoms with van der Waals surface area (Å²) in [5, 5.41) is 7.45. The van der Waals surface area contributed by atoms with Crippen LogP contribution in [0.15, 0.2) is 18.5 Å². The van der Waals surface area contributed by atoms with Gasteiger partial charge in [0.2, 0.25) is 5.91 Å². The fraction of sp³-hybridized carbons (Fsp3) is 0.438. The van der Waals surface area contributed by atoms with Gasteiger partial charge in [0.15, 0.2) is 0 Å². The number of ether oxygens (including phenoxy) is 1. The number of nitrogens with zero attached hydrogens (tertiary/aromatic N) is 3. The van der Waals surface area contributed by atoms with E-state index < -0.39 is 5.97 Å². The van der Waals surface area contributed by atoms with Crippen molar-refractivity contribution in [1.82, 2.24) is 14.7 Å². The first-order valence-corrected chi connectivity index (χ1v) is 8.44. The molecule has 0 radical (unpaired) electrons. The van der Waals surface area contributed by atoms with Gasteiger partial charge in [0.05, 0.1) is 24.9 Å². The number of rotatable bonds is 7. The largest absolute Gasteiger partial charge is 0.462 e. The molecular weight excluding hydrogens is 328 g/mol.